The number of hydrogen-bond acceptors (Lipinski definition) is 3. The first-order chi connectivity index (χ1) is 8.09. The van der Waals surface area contributed by atoms with Crippen LogP contribution in [0.5, 0.6) is 0 Å². The molecule has 0 spiro atoms. The van der Waals surface area contributed by atoms with Gasteiger partial charge < -0.3 is 10.1 Å². The van der Waals surface area contributed by atoms with Gasteiger partial charge in [0.25, 0.3) is 5.91 Å². The fourth-order valence-corrected chi connectivity index (χ4v) is 1.29. The van der Waals surface area contributed by atoms with Crippen molar-refractivity contribution in [1.29, 1.82) is 0 Å². The molecule has 1 N–H and O–H groups in total. The molecule has 0 aliphatic rings. The average molecular weight is 235 g/mol. The molecule has 1 rings (SSSR count). The van der Waals surface area contributed by atoms with Crippen molar-refractivity contribution < 1.29 is 14.3 Å². The summed E-state index contributed by atoms with van der Waals surface area (Å²) in [5.74, 6) is -0.476. The lowest BCUT2D eigenvalue weighted by Crippen LogP contribution is -2.27. The van der Waals surface area contributed by atoms with Gasteiger partial charge in [-0.1, -0.05) is 18.2 Å². The van der Waals surface area contributed by atoms with E-state index in [-0.39, 0.29) is 24.4 Å². The summed E-state index contributed by atoms with van der Waals surface area (Å²) >= 11 is 0. The molecule has 4 heteroatoms. The fraction of sp³-hybridized carbons (Fsp3) is 0.385. The SMILES string of the molecule is CC(C)OC(=O)CCNC(=O)c1ccccc1. The zero-order chi connectivity index (χ0) is 12.7. The molecule has 92 valence electrons. The van der Waals surface area contributed by atoms with Crippen molar-refractivity contribution in [3.63, 3.8) is 0 Å². The van der Waals surface area contributed by atoms with Crippen molar-refractivity contribution in [1.82, 2.24) is 5.32 Å². The summed E-state index contributed by atoms with van der Waals surface area (Å²) in [7, 11) is 0. The van der Waals surface area contributed by atoms with Crippen LogP contribution < -0.4 is 5.32 Å². The van der Waals surface area contributed by atoms with Crippen molar-refractivity contribution in [3.05, 3.63) is 35.9 Å². The highest BCUT2D eigenvalue weighted by Crippen LogP contribution is 1.98. The molecule has 0 saturated heterocycles. The molecule has 1 aromatic carbocycles. The van der Waals surface area contributed by atoms with E-state index in [9.17, 15) is 9.59 Å². The molecule has 0 fully saturated rings. The maximum atomic E-state index is 11.6. The molecule has 17 heavy (non-hydrogen) atoms. The molecule has 0 radical (unpaired) electrons. The predicted molar refractivity (Wildman–Crippen MR) is 64.6 cm³/mol. The van der Waals surface area contributed by atoms with Crippen LogP contribution in [-0.2, 0) is 9.53 Å². The molecule has 0 aliphatic carbocycles. The van der Waals surface area contributed by atoms with Crippen molar-refractivity contribution >= 4 is 11.9 Å². The summed E-state index contributed by atoms with van der Waals surface area (Å²) in [6, 6.07) is 8.88. The minimum Gasteiger partial charge on any atom is -0.463 e. The van der Waals surface area contributed by atoms with Gasteiger partial charge >= 0.3 is 5.97 Å². The molecular weight excluding hydrogens is 218 g/mol. The first-order valence-electron chi connectivity index (χ1n) is 5.62. The smallest absolute Gasteiger partial charge is 0.307 e. The van der Waals surface area contributed by atoms with Crippen molar-refractivity contribution in [2.75, 3.05) is 6.54 Å². The van der Waals surface area contributed by atoms with Gasteiger partial charge in [-0.3, -0.25) is 9.59 Å². The van der Waals surface area contributed by atoms with Gasteiger partial charge in [-0.05, 0) is 26.0 Å². The molecule has 0 bridgehead atoms. The molecule has 0 atom stereocenters. The fourth-order valence-electron chi connectivity index (χ4n) is 1.29. The van der Waals surface area contributed by atoms with Gasteiger partial charge in [-0.25, -0.2) is 0 Å². The van der Waals surface area contributed by atoms with E-state index in [2.05, 4.69) is 5.32 Å². The quantitative estimate of drug-likeness (QED) is 0.791. The molecule has 1 aromatic rings. The van der Waals surface area contributed by atoms with E-state index < -0.39 is 0 Å². The van der Waals surface area contributed by atoms with Crippen LogP contribution in [0.25, 0.3) is 0 Å². The van der Waals surface area contributed by atoms with E-state index >= 15 is 0 Å². The zero-order valence-electron chi connectivity index (χ0n) is 10.1. The second-order valence-electron chi connectivity index (χ2n) is 3.91. The topological polar surface area (TPSA) is 55.4 Å². The number of carbonyl (C=O) groups excluding carboxylic acids is 2. The lowest BCUT2D eigenvalue weighted by Gasteiger charge is -2.08. The van der Waals surface area contributed by atoms with Gasteiger partial charge in [0, 0.05) is 12.1 Å². The number of amides is 1. The van der Waals surface area contributed by atoms with Crippen molar-refractivity contribution in [2.24, 2.45) is 0 Å². The van der Waals surface area contributed by atoms with Gasteiger partial charge in [0.15, 0.2) is 0 Å². The van der Waals surface area contributed by atoms with E-state index in [1.54, 1.807) is 38.1 Å². The number of benzene rings is 1. The normalized spacial score (nSPS) is 10.1. The largest absolute Gasteiger partial charge is 0.463 e. The standard InChI is InChI=1S/C13H17NO3/c1-10(2)17-12(15)8-9-14-13(16)11-6-4-3-5-7-11/h3-7,10H,8-9H2,1-2H3,(H,14,16). The summed E-state index contributed by atoms with van der Waals surface area (Å²) < 4.78 is 4.95. The minimum absolute atomic E-state index is 0.118. The van der Waals surface area contributed by atoms with E-state index in [1.807, 2.05) is 6.07 Å². The molecule has 0 aliphatic heterocycles. The third-order valence-electron chi connectivity index (χ3n) is 2.02. The number of ether oxygens (including phenoxy) is 1. The Bertz CT molecular complexity index is 374. The van der Waals surface area contributed by atoms with Crippen molar-refractivity contribution in [3.8, 4) is 0 Å². The summed E-state index contributed by atoms with van der Waals surface area (Å²) in [5, 5.41) is 2.66. The molecule has 0 aromatic heterocycles. The molecule has 4 nitrogen and oxygen atoms in total. The van der Waals surface area contributed by atoms with Gasteiger partial charge in [-0.2, -0.15) is 0 Å². The van der Waals surface area contributed by atoms with Crippen LogP contribution in [0.2, 0.25) is 0 Å². The number of hydrogen-bond donors (Lipinski definition) is 1. The van der Waals surface area contributed by atoms with Crippen LogP contribution in [0.4, 0.5) is 0 Å². The molecule has 1 amide bonds. The summed E-state index contributed by atoms with van der Waals surface area (Å²) in [5.41, 5.74) is 0.588. The second-order valence-corrected chi connectivity index (χ2v) is 3.91. The van der Waals surface area contributed by atoms with Crippen LogP contribution in [0.15, 0.2) is 30.3 Å². The molecule has 0 unspecified atom stereocenters. The molecular formula is C13H17NO3. The Morgan fingerprint density at radius 3 is 2.47 bits per heavy atom. The Morgan fingerprint density at radius 2 is 1.88 bits per heavy atom. The predicted octanol–water partition coefficient (Wildman–Crippen LogP) is 1.76. The van der Waals surface area contributed by atoms with E-state index in [0.29, 0.717) is 12.1 Å². The van der Waals surface area contributed by atoms with E-state index in [1.165, 1.54) is 0 Å². The highest BCUT2D eigenvalue weighted by atomic mass is 16.5. The Kier molecular flexibility index (Phi) is 5.20. The van der Waals surface area contributed by atoms with Gasteiger partial charge in [0.05, 0.1) is 12.5 Å². The van der Waals surface area contributed by atoms with Gasteiger partial charge in [0.2, 0.25) is 0 Å². The Morgan fingerprint density at radius 1 is 1.24 bits per heavy atom. The van der Waals surface area contributed by atoms with Crippen LogP contribution in [0.1, 0.15) is 30.6 Å². The first-order valence-corrected chi connectivity index (χ1v) is 5.62. The third-order valence-corrected chi connectivity index (χ3v) is 2.02. The number of rotatable bonds is 5. The summed E-state index contributed by atoms with van der Waals surface area (Å²) in [4.78, 5) is 22.8. The molecule has 0 heterocycles. The van der Waals surface area contributed by atoms with Crippen LogP contribution >= 0.6 is 0 Å². The monoisotopic (exact) mass is 235 g/mol. The van der Waals surface area contributed by atoms with Crippen LogP contribution in [0, 0.1) is 0 Å². The number of nitrogens with one attached hydrogen (secondary N) is 1. The third kappa shape index (κ3) is 5.15. The maximum Gasteiger partial charge on any atom is 0.307 e. The zero-order valence-corrected chi connectivity index (χ0v) is 10.1. The van der Waals surface area contributed by atoms with Crippen LogP contribution in [-0.4, -0.2) is 24.5 Å². The Balaban J connectivity index is 2.28. The number of esters is 1. The number of carbonyl (C=O) groups is 2. The van der Waals surface area contributed by atoms with Gasteiger partial charge in [0.1, 0.15) is 0 Å². The van der Waals surface area contributed by atoms with E-state index in [0.717, 1.165) is 0 Å². The summed E-state index contributed by atoms with van der Waals surface area (Å²) in [6.07, 6.45) is 0.0730. The van der Waals surface area contributed by atoms with E-state index in [4.69, 9.17) is 4.74 Å². The Hall–Kier alpha value is -1.84. The van der Waals surface area contributed by atoms with Crippen molar-refractivity contribution in [2.45, 2.75) is 26.4 Å². The first kappa shape index (κ1) is 13.2. The van der Waals surface area contributed by atoms with Crippen LogP contribution in [0.3, 0.4) is 0 Å². The highest BCUT2D eigenvalue weighted by molar-refractivity contribution is 5.94. The molecule has 0 saturated carbocycles. The lowest BCUT2D eigenvalue weighted by molar-refractivity contribution is -0.147. The lowest BCUT2D eigenvalue weighted by atomic mass is 10.2. The average Bonchev–Trinajstić information content (AvgIpc) is 2.29. The minimum atomic E-state index is -0.298. The Labute approximate surface area is 101 Å². The maximum absolute atomic E-state index is 11.6. The summed E-state index contributed by atoms with van der Waals surface area (Å²) in [6.45, 7) is 3.88. The second kappa shape index (κ2) is 6.68. The highest BCUT2D eigenvalue weighted by Gasteiger charge is 2.07. The van der Waals surface area contributed by atoms with Gasteiger partial charge in [-0.15, -0.1) is 0 Å².